The molecule has 21 heavy (non-hydrogen) atoms. The minimum Gasteiger partial charge on any atom is -0.430 e. The van der Waals surface area contributed by atoms with Crippen LogP contribution < -0.4 is 0 Å². The Hall–Kier alpha value is -0.990. The Bertz CT molecular complexity index is 489. The molecule has 0 spiro atoms. The van der Waals surface area contributed by atoms with Gasteiger partial charge in [0.1, 0.15) is 11.7 Å². The van der Waals surface area contributed by atoms with E-state index in [4.69, 9.17) is 9.47 Å². The van der Waals surface area contributed by atoms with Gasteiger partial charge in [0.2, 0.25) is 0 Å². The first-order valence-electron chi connectivity index (χ1n) is 8.43. The molecule has 3 nitrogen and oxygen atoms in total. The molecule has 0 radical (unpaired) electrons. The Morgan fingerprint density at radius 2 is 1.67 bits per heavy atom. The maximum Gasteiger partial charge on any atom is 0.509 e. The van der Waals surface area contributed by atoms with Crippen molar-refractivity contribution < 1.29 is 14.3 Å². The molecular weight excluding hydrogens is 264 g/mol. The van der Waals surface area contributed by atoms with E-state index in [9.17, 15) is 4.79 Å². The van der Waals surface area contributed by atoms with Gasteiger partial charge in [-0.15, -0.1) is 0 Å². The van der Waals surface area contributed by atoms with Crippen LogP contribution in [0.3, 0.4) is 0 Å². The summed E-state index contributed by atoms with van der Waals surface area (Å²) in [6.45, 7) is 7.92. The molecule has 0 aromatic carbocycles. The summed E-state index contributed by atoms with van der Waals surface area (Å²) in [4.78, 5) is 12.0. The Labute approximate surface area is 127 Å². The predicted molar refractivity (Wildman–Crippen MR) is 79.6 cm³/mol. The van der Waals surface area contributed by atoms with Gasteiger partial charge >= 0.3 is 6.16 Å². The lowest BCUT2D eigenvalue weighted by Crippen LogP contribution is -2.42. The molecule has 0 aliphatic heterocycles. The van der Waals surface area contributed by atoms with Gasteiger partial charge in [-0.3, -0.25) is 0 Å². The number of hydrogen-bond donors (Lipinski definition) is 0. The van der Waals surface area contributed by atoms with Crippen LogP contribution in [0.2, 0.25) is 0 Å². The van der Waals surface area contributed by atoms with Gasteiger partial charge in [0.25, 0.3) is 0 Å². The van der Waals surface area contributed by atoms with Crippen LogP contribution in [0.15, 0.2) is 12.2 Å². The minimum atomic E-state index is -0.484. The molecule has 3 saturated carbocycles. The molecule has 0 N–H and O–H groups in total. The zero-order valence-corrected chi connectivity index (χ0v) is 13.4. The SMILES string of the molecule is CC1C2CC(C1OC(=O)OC(C)(C)C)C1C3C=CC(C3)C21. The molecule has 0 amide bonds. The van der Waals surface area contributed by atoms with E-state index in [1.54, 1.807) is 0 Å². The number of fused-ring (bicyclic) bond motifs is 9. The van der Waals surface area contributed by atoms with Crippen molar-refractivity contribution in [2.24, 2.45) is 41.4 Å². The van der Waals surface area contributed by atoms with E-state index < -0.39 is 11.8 Å². The molecule has 8 unspecified atom stereocenters. The fraction of sp³-hybridized carbons (Fsp3) is 0.833. The molecule has 0 aromatic rings. The standard InChI is InChI=1S/C18H26O3/c1-9-12-8-13(15-11-6-5-10(7-11)14(12)15)16(9)20-17(19)21-18(2,3)4/h5-6,9-16H,7-8H2,1-4H3. The van der Waals surface area contributed by atoms with Gasteiger partial charge in [-0.1, -0.05) is 19.1 Å². The van der Waals surface area contributed by atoms with E-state index >= 15 is 0 Å². The quantitative estimate of drug-likeness (QED) is 0.415. The second kappa shape index (κ2) is 4.27. The van der Waals surface area contributed by atoms with Gasteiger partial charge in [0.15, 0.2) is 0 Å². The van der Waals surface area contributed by atoms with Crippen LogP contribution in [0.4, 0.5) is 4.79 Å². The monoisotopic (exact) mass is 290 g/mol. The maximum atomic E-state index is 12.0. The summed E-state index contributed by atoms with van der Waals surface area (Å²) in [5.41, 5.74) is -0.477. The normalized spacial score (nSPS) is 49.5. The number of hydrogen-bond acceptors (Lipinski definition) is 3. The first-order valence-corrected chi connectivity index (χ1v) is 8.43. The molecule has 3 heteroatoms. The highest BCUT2D eigenvalue weighted by atomic mass is 16.7. The highest BCUT2D eigenvalue weighted by Crippen LogP contribution is 2.67. The summed E-state index contributed by atoms with van der Waals surface area (Å²) in [5, 5.41) is 0. The van der Waals surface area contributed by atoms with Crippen LogP contribution in [0.25, 0.3) is 0 Å². The summed E-state index contributed by atoms with van der Waals surface area (Å²) < 4.78 is 11.1. The fourth-order valence-corrected chi connectivity index (χ4v) is 5.86. The summed E-state index contributed by atoms with van der Waals surface area (Å²) in [6, 6.07) is 0. The zero-order chi connectivity index (χ0) is 14.9. The number of ether oxygens (including phenoxy) is 2. The second-order valence-corrected chi connectivity index (χ2v) is 8.57. The number of rotatable bonds is 1. The molecule has 3 fully saturated rings. The predicted octanol–water partition coefficient (Wildman–Crippen LogP) is 4.03. The Morgan fingerprint density at radius 1 is 1.05 bits per heavy atom. The van der Waals surface area contributed by atoms with Crippen molar-refractivity contribution in [1.82, 2.24) is 0 Å². The third-order valence-corrected chi connectivity index (χ3v) is 6.35. The average Bonchev–Trinajstić information content (AvgIpc) is 3.06. The number of carbonyl (C=O) groups is 1. The Morgan fingerprint density at radius 3 is 2.29 bits per heavy atom. The molecule has 4 aliphatic rings. The molecule has 0 saturated heterocycles. The van der Waals surface area contributed by atoms with Crippen LogP contribution in [0.1, 0.15) is 40.5 Å². The van der Waals surface area contributed by atoms with Crippen LogP contribution in [-0.4, -0.2) is 17.9 Å². The van der Waals surface area contributed by atoms with E-state index in [0.717, 1.165) is 29.6 Å². The topological polar surface area (TPSA) is 35.5 Å². The molecule has 4 bridgehead atoms. The van der Waals surface area contributed by atoms with Gasteiger partial charge in [-0.2, -0.15) is 0 Å². The summed E-state index contributed by atoms with van der Waals surface area (Å²) >= 11 is 0. The lowest BCUT2D eigenvalue weighted by atomic mass is 9.68. The van der Waals surface area contributed by atoms with Crippen molar-refractivity contribution in [2.75, 3.05) is 0 Å². The third kappa shape index (κ3) is 1.96. The molecule has 116 valence electrons. The third-order valence-electron chi connectivity index (χ3n) is 6.35. The van der Waals surface area contributed by atoms with Crippen LogP contribution >= 0.6 is 0 Å². The molecular formula is C18H26O3. The van der Waals surface area contributed by atoms with E-state index in [1.165, 1.54) is 12.8 Å². The minimum absolute atomic E-state index is 0.0684. The van der Waals surface area contributed by atoms with Crippen molar-refractivity contribution in [3.05, 3.63) is 12.2 Å². The first kappa shape index (κ1) is 13.7. The van der Waals surface area contributed by atoms with Crippen molar-refractivity contribution >= 4 is 6.16 Å². The van der Waals surface area contributed by atoms with Crippen molar-refractivity contribution in [3.63, 3.8) is 0 Å². The number of allylic oxidation sites excluding steroid dienone is 2. The summed E-state index contributed by atoms with van der Waals surface area (Å²) in [5.74, 6) is 4.95. The van der Waals surface area contributed by atoms with Crippen LogP contribution in [-0.2, 0) is 9.47 Å². The van der Waals surface area contributed by atoms with Gasteiger partial charge < -0.3 is 9.47 Å². The second-order valence-electron chi connectivity index (χ2n) is 8.57. The summed E-state index contributed by atoms with van der Waals surface area (Å²) in [6.07, 6.45) is 7.04. The molecule has 4 aliphatic carbocycles. The van der Waals surface area contributed by atoms with Crippen molar-refractivity contribution in [1.29, 1.82) is 0 Å². The van der Waals surface area contributed by atoms with Crippen molar-refractivity contribution in [2.45, 2.75) is 52.2 Å². The molecule has 0 heterocycles. The van der Waals surface area contributed by atoms with Crippen molar-refractivity contribution in [3.8, 4) is 0 Å². The maximum absolute atomic E-state index is 12.0. The highest BCUT2D eigenvalue weighted by molar-refractivity contribution is 5.61. The lowest BCUT2D eigenvalue weighted by molar-refractivity contribution is -0.0666. The Kier molecular flexibility index (Phi) is 2.78. The van der Waals surface area contributed by atoms with Gasteiger partial charge in [0.05, 0.1) is 0 Å². The summed E-state index contributed by atoms with van der Waals surface area (Å²) in [7, 11) is 0. The zero-order valence-electron chi connectivity index (χ0n) is 13.4. The largest absolute Gasteiger partial charge is 0.509 e. The van der Waals surface area contributed by atoms with Gasteiger partial charge in [-0.25, -0.2) is 4.79 Å². The van der Waals surface area contributed by atoms with E-state index in [1.807, 2.05) is 20.8 Å². The molecule has 0 aromatic heterocycles. The lowest BCUT2D eigenvalue weighted by Gasteiger charge is -2.40. The van der Waals surface area contributed by atoms with Crippen LogP contribution in [0, 0.1) is 41.4 Å². The van der Waals surface area contributed by atoms with Crippen LogP contribution in [0.5, 0.6) is 0 Å². The smallest absolute Gasteiger partial charge is 0.430 e. The molecule has 8 atom stereocenters. The molecule has 4 rings (SSSR count). The Balaban J connectivity index is 1.49. The number of carbonyl (C=O) groups excluding carboxylic acids is 1. The van der Waals surface area contributed by atoms with E-state index in [0.29, 0.717) is 11.8 Å². The van der Waals surface area contributed by atoms with Gasteiger partial charge in [0, 0.05) is 5.92 Å². The van der Waals surface area contributed by atoms with E-state index in [2.05, 4.69) is 19.1 Å². The first-order chi connectivity index (χ1) is 9.85. The van der Waals surface area contributed by atoms with Gasteiger partial charge in [-0.05, 0) is 69.1 Å². The average molecular weight is 290 g/mol. The van der Waals surface area contributed by atoms with E-state index in [-0.39, 0.29) is 6.10 Å². The fourth-order valence-electron chi connectivity index (χ4n) is 5.86. The highest BCUT2D eigenvalue weighted by Gasteiger charge is 2.64.